The molecule has 0 unspecified atom stereocenters. The van der Waals surface area contributed by atoms with Gasteiger partial charge in [0.05, 0.1) is 18.7 Å². The number of aryl methyl sites for hydroxylation is 2. The van der Waals surface area contributed by atoms with E-state index in [4.69, 9.17) is 4.74 Å². The largest absolute Gasteiger partial charge is 0.448 e. The number of hydrogen-bond donors (Lipinski definition) is 1. The summed E-state index contributed by atoms with van der Waals surface area (Å²) in [4.78, 5) is 35.9. The van der Waals surface area contributed by atoms with Crippen molar-refractivity contribution in [2.45, 2.75) is 39.3 Å². The van der Waals surface area contributed by atoms with Crippen molar-refractivity contribution in [1.29, 1.82) is 5.26 Å². The number of carbonyl (C=O) groups is 2. The van der Waals surface area contributed by atoms with Crippen LogP contribution in [0.2, 0.25) is 0 Å². The fourth-order valence-electron chi connectivity index (χ4n) is 3.71. The van der Waals surface area contributed by atoms with Crippen LogP contribution in [0.25, 0.3) is 0 Å². The number of imidazole rings is 1. The summed E-state index contributed by atoms with van der Waals surface area (Å²) in [6.45, 7) is 3.52. The number of pyridine rings is 1. The molecule has 0 spiro atoms. The number of nitriles is 1. The molecule has 0 aromatic carbocycles. The number of amides is 2. The van der Waals surface area contributed by atoms with Gasteiger partial charge >= 0.3 is 6.09 Å². The molecule has 170 valence electrons. The van der Waals surface area contributed by atoms with Gasteiger partial charge in [0.25, 0.3) is 0 Å². The van der Waals surface area contributed by atoms with Crippen molar-refractivity contribution in [3.63, 3.8) is 0 Å². The van der Waals surface area contributed by atoms with Crippen LogP contribution in [-0.4, -0.2) is 44.6 Å². The second-order valence-corrected chi connectivity index (χ2v) is 8.75. The standard InChI is InChI=1S/C23H24N6O3S/c1-16-25-9-11-28(16)12-13-32-23(31)29-10-7-18-19(14-24)22(33-20(18)15-29)27-21(30)6-5-17-4-2-3-8-26-17/h2-4,8-9,11H,5-7,10,12-13,15H2,1H3,(H,27,30). The number of thiophene rings is 1. The number of anilines is 1. The first kappa shape index (κ1) is 22.5. The molecule has 4 rings (SSSR count). The number of aromatic nitrogens is 3. The zero-order valence-corrected chi connectivity index (χ0v) is 19.1. The molecule has 33 heavy (non-hydrogen) atoms. The SMILES string of the molecule is Cc1nccn1CCOC(=O)N1CCc2c(sc(NC(=O)CCc3ccccn3)c2C#N)C1. The molecule has 0 fully saturated rings. The third-order valence-corrected chi connectivity index (χ3v) is 6.63. The van der Waals surface area contributed by atoms with Crippen molar-refractivity contribution >= 4 is 28.3 Å². The first-order valence-electron chi connectivity index (χ1n) is 10.7. The van der Waals surface area contributed by atoms with Crippen molar-refractivity contribution in [3.05, 3.63) is 64.3 Å². The normalized spacial score (nSPS) is 12.7. The van der Waals surface area contributed by atoms with E-state index in [9.17, 15) is 14.9 Å². The van der Waals surface area contributed by atoms with Crippen molar-refractivity contribution in [1.82, 2.24) is 19.4 Å². The highest BCUT2D eigenvalue weighted by molar-refractivity contribution is 7.16. The van der Waals surface area contributed by atoms with Crippen LogP contribution < -0.4 is 5.32 Å². The first-order valence-corrected chi connectivity index (χ1v) is 11.5. The van der Waals surface area contributed by atoms with Gasteiger partial charge < -0.3 is 19.5 Å². The van der Waals surface area contributed by atoms with Gasteiger partial charge in [-0.15, -0.1) is 11.3 Å². The molecule has 3 aromatic rings. The summed E-state index contributed by atoms with van der Waals surface area (Å²) in [6.07, 6.45) is 6.22. The molecule has 0 saturated carbocycles. The molecule has 1 aliphatic rings. The number of carbonyl (C=O) groups excluding carboxylic acids is 2. The lowest BCUT2D eigenvalue weighted by atomic mass is 10.0. The first-order chi connectivity index (χ1) is 16.0. The number of fused-ring (bicyclic) bond motifs is 1. The smallest absolute Gasteiger partial charge is 0.410 e. The average Bonchev–Trinajstić information content (AvgIpc) is 3.39. The third-order valence-electron chi connectivity index (χ3n) is 5.50. The van der Waals surface area contributed by atoms with Crippen LogP contribution in [0.4, 0.5) is 9.80 Å². The third kappa shape index (κ3) is 5.38. The van der Waals surface area contributed by atoms with Gasteiger partial charge in [0.2, 0.25) is 5.91 Å². The highest BCUT2D eigenvalue weighted by Gasteiger charge is 2.28. The molecule has 1 N–H and O–H groups in total. The molecule has 2 amide bonds. The average molecular weight is 465 g/mol. The second kappa shape index (κ2) is 10.3. The van der Waals surface area contributed by atoms with Crippen LogP contribution in [0.5, 0.6) is 0 Å². The summed E-state index contributed by atoms with van der Waals surface area (Å²) in [5.41, 5.74) is 2.24. The Bertz CT molecular complexity index is 1180. The topological polar surface area (TPSA) is 113 Å². The second-order valence-electron chi connectivity index (χ2n) is 7.64. The van der Waals surface area contributed by atoms with E-state index < -0.39 is 0 Å². The van der Waals surface area contributed by atoms with Crippen LogP contribution in [0.3, 0.4) is 0 Å². The predicted molar refractivity (Wildman–Crippen MR) is 123 cm³/mol. The lowest BCUT2D eigenvalue weighted by Gasteiger charge is -2.26. The van der Waals surface area contributed by atoms with E-state index in [0.29, 0.717) is 43.0 Å². The van der Waals surface area contributed by atoms with Crippen LogP contribution in [0, 0.1) is 18.3 Å². The molecule has 1 aliphatic heterocycles. The summed E-state index contributed by atoms with van der Waals surface area (Å²) >= 11 is 1.35. The van der Waals surface area contributed by atoms with Gasteiger partial charge in [0.15, 0.2) is 0 Å². The minimum Gasteiger partial charge on any atom is -0.448 e. The molecule has 0 bridgehead atoms. The Hall–Kier alpha value is -3.71. The molecular formula is C23H24N6O3S. The van der Waals surface area contributed by atoms with Gasteiger partial charge in [-0.25, -0.2) is 9.78 Å². The van der Waals surface area contributed by atoms with Crippen molar-refractivity contribution in [3.8, 4) is 6.07 Å². The van der Waals surface area contributed by atoms with Gasteiger partial charge in [-0.3, -0.25) is 9.78 Å². The van der Waals surface area contributed by atoms with Crippen LogP contribution >= 0.6 is 11.3 Å². The maximum absolute atomic E-state index is 12.5. The van der Waals surface area contributed by atoms with Crippen LogP contribution in [-0.2, 0) is 35.5 Å². The number of nitrogens with one attached hydrogen (secondary N) is 1. The van der Waals surface area contributed by atoms with Gasteiger partial charge in [-0.1, -0.05) is 6.07 Å². The Balaban J connectivity index is 1.33. The Morgan fingerprint density at radius 2 is 2.18 bits per heavy atom. The highest BCUT2D eigenvalue weighted by atomic mass is 32.1. The number of rotatable bonds is 7. The molecule has 9 nitrogen and oxygen atoms in total. The molecule has 0 radical (unpaired) electrons. The molecular weight excluding hydrogens is 440 g/mol. The summed E-state index contributed by atoms with van der Waals surface area (Å²) in [5.74, 6) is 0.702. The lowest BCUT2D eigenvalue weighted by Crippen LogP contribution is -2.36. The summed E-state index contributed by atoms with van der Waals surface area (Å²) in [5, 5.41) is 13.1. The Labute approximate surface area is 195 Å². The zero-order valence-electron chi connectivity index (χ0n) is 18.3. The van der Waals surface area contributed by atoms with Crippen LogP contribution in [0.15, 0.2) is 36.8 Å². The quantitative estimate of drug-likeness (QED) is 0.574. The van der Waals surface area contributed by atoms with Crippen molar-refractivity contribution < 1.29 is 14.3 Å². The number of nitrogens with zero attached hydrogens (tertiary/aromatic N) is 5. The van der Waals surface area contributed by atoms with Gasteiger partial charge in [-0.2, -0.15) is 5.26 Å². The Morgan fingerprint density at radius 1 is 1.30 bits per heavy atom. The Morgan fingerprint density at radius 3 is 2.91 bits per heavy atom. The zero-order chi connectivity index (χ0) is 23.2. The van der Waals surface area contributed by atoms with E-state index in [1.54, 1.807) is 17.3 Å². The van der Waals surface area contributed by atoms with E-state index in [0.717, 1.165) is 22.0 Å². The number of hydrogen-bond acceptors (Lipinski definition) is 7. The molecule has 4 heterocycles. The molecule has 3 aromatic heterocycles. The lowest BCUT2D eigenvalue weighted by molar-refractivity contribution is -0.116. The van der Waals surface area contributed by atoms with E-state index >= 15 is 0 Å². The highest BCUT2D eigenvalue weighted by Crippen LogP contribution is 2.36. The van der Waals surface area contributed by atoms with E-state index in [2.05, 4.69) is 21.4 Å². The molecule has 0 aliphatic carbocycles. The molecule has 10 heteroatoms. The summed E-state index contributed by atoms with van der Waals surface area (Å²) < 4.78 is 7.35. The fourth-order valence-corrected chi connectivity index (χ4v) is 4.93. The Kier molecular flexibility index (Phi) is 7.00. The van der Waals surface area contributed by atoms with Crippen LogP contribution in [0.1, 0.15) is 33.9 Å². The van der Waals surface area contributed by atoms with Gasteiger partial charge in [0.1, 0.15) is 23.5 Å². The van der Waals surface area contributed by atoms with Gasteiger partial charge in [0, 0.05) is 42.1 Å². The number of ether oxygens (including phenoxy) is 1. The minimum absolute atomic E-state index is 0.165. The van der Waals surface area contributed by atoms with Gasteiger partial charge in [-0.05, 0) is 37.5 Å². The summed E-state index contributed by atoms with van der Waals surface area (Å²) in [7, 11) is 0. The van der Waals surface area contributed by atoms with Crippen molar-refractivity contribution in [2.24, 2.45) is 0 Å². The maximum Gasteiger partial charge on any atom is 0.410 e. The maximum atomic E-state index is 12.5. The van der Waals surface area contributed by atoms with Crippen molar-refractivity contribution in [2.75, 3.05) is 18.5 Å². The molecule has 0 atom stereocenters. The molecule has 0 saturated heterocycles. The fraction of sp³-hybridized carbons (Fsp3) is 0.348. The minimum atomic E-state index is -0.383. The van der Waals surface area contributed by atoms with E-state index in [1.165, 1.54) is 11.3 Å². The van der Waals surface area contributed by atoms with E-state index in [-0.39, 0.29) is 25.0 Å². The predicted octanol–water partition coefficient (Wildman–Crippen LogP) is 3.29. The summed E-state index contributed by atoms with van der Waals surface area (Å²) in [6, 6.07) is 7.82. The monoisotopic (exact) mass is 464 g/mol. The van der Waals surface area contributed by atoms with E-state index in [1.807, 2.05) is 35.9 Å².